The molecule has 0 radical (unpaired) electrons. The standard InChI is InChI=1S/C22H27NO3/c1-4-20(21(24)14(2)3)23-22(25)26-13-19-17-11-7-5-9-15(17)16-10-6-8-12-18(16)19/h5-12,14,19-21,24H,4,13H2,1-3H3,(H,23,25). The lowest BCUT2D eigenvalue weighted by molar-refractivity contribution is 0.0726. The number of fused-ring (bicyclic) bond motifs is 3. The molecule has 2 aromatic carbocycles. The number of amides is 1. The van der Waals surface area contributed by atoms with Crippen molar-refractivity contribution in [2.45, 2.75) is 45.3 Å². The Morgan fingerprint density at radius 2 is 1.62 bits per heavy atom. The van der Waals surface area contributed by atoms with Crippen LogP contribution in [0.4, 0.5) is 4.79 Å². The molecular formula is C22H27NO3. The fourth-order valence-corrected chi connectivity index (χ4v) is 3.69. The highest BCUT2D eigenvalue weighted by atomic mass is 16.5. The Hall–Kier alpha value is -2.33. The Morgan fingerprint density at radius 3 is 2.12 bits per heavy atom. The molecule has 0 aliphatic heterocycles. The van der Waals surface area contributed by atoms with E-state index in [9.17, 15) is 9.90 Å². The van der Waals surface area contributed by atoms with Gasteiger partial charge in [-0.25, -0.2) is 4.79 Å². The van der Waals surface area contributed by atoms with Crippen LogP contribution < -0.4 is 5.32 Å². The van der Waals surface area contributed by atoms with Gasteiger partial charge in [0.2, 0.25) is 0 Å². The van der Waals surface area contributed by atoms with E-state index in [0.29, 0.717) is 6.42 Å². The van der Waals surface area contributed by atoms with Gasteiger partial charge in [0.05, 0.1) is 12.1 Å². The lowest BCUT2D eigenvalue weighted by Crippen LogP contribution is -2.45. The van der Waals surface area contributed by atoms with Gasteiger partial charge < -0.3 is 15.2 Å². The van der Waals surface area contributed by atoms with Gasteiger partial charge in [0, 0.05) is 5.92 Å². The Kier molecular flexibility index (Phi) is 5.62. The van der Waals surface area contributed by atoms with Gasteiger partial charge >= 0.3 is 6.09 Å². The predicted octanol–water partition coefficient (Wildman–Crippen LogP) is 4.32. The molecule has 4 heteroatoms. The first-order chi connectivity index (χ1) is 12.5. The average molecular weight is 353 g/mol. The number of carbonyl (C=O) groups excluding carboxylic acids is 1. The minimum absolute atomic E-state index is 0.0447. The van der Waals surface area contributed by atoms with E-state index in [1.165, 1.54) is 22.3 Å². The highest BCUT2D eigenvalue weighted by Gasteiger charge is 2.29. The van der Waals surface area contributed by atoms with E-state index < -0.39 is 12.2 Å². The topological polar surface area (TPSA) is 58.6 Å². The summed E-state index contributed by atoms with van der Waals surface area (Å²) in [5.41, 5.74) is 4.80. The number of carbonyl (C=O) groups is 1. The summed E-state index contributed by atoms with van der Waals surface area (Å²) >= 11 is 0. The molecule has 138 valence electrons. The normalized spacial score (nSPS) is 15.3. The molecule has 26 heavy (non-hydrogen) atoms. The molecule has 2 unspecified atom stereocenters. The zero-order valence-corrected chi connectivity index (χ0v) is 15.6. The third-order valence-electron chi connectivity index (χ3n) is 5.18. The van der Waals surface area contributed by atoms with E-state index in [0.717, 1.165) is 0 Å². The largest absolute Gasteiger partial charge is 0.449 e. The maximum absolute atomic E-state index is 12.3. The first kappa shape index (κ1) is 18.5. The van der Waals surface area contributed by atoms with Crippen molar-refractivity contribution in [3.8, 4) is 11.1 Å². The molecule has 0 fully saturated rings. The second-order valence-corrected chi connectivity index (χ2v) is 7.22. The van der Waals surface area contributed by atoms with Gasteiger partial charge in [-0.05, 0) is 34.6 Å². The van der Waals surface area contributed by atoms with Crippen molar-refractivity contribution in [3.63, 3.8) is 0 Å². The first-order valence-electron chi connectivity index (χ1n) is 9.32. The minimum atomic E-state index is -0.583. The van der Waals surface area contributed by atoms with E-state index in [2.05, 4.69) is 29.6 Å². The van der Waals surface area contributed by atoms with Crippen LogP contribution in [0.25, 0.3) is 11.1 Å². The Bertz CT molecular complexity index is 726. The van der Waals surface area contributed by atoms with Crippen LogP contribution in [0.2, 0.25) is 0 Å². The molecule has 2 aromatic rings. The third-order valence-corrected chi connectivity index (χ3v) is 5.18. The van der Waals surface area contributed by atoms with Gasteiger partial charge in [-0.1, -0.05) is 69.3 Å². The molecule has 1 aliphatic rings. The van der Waals surface area contributed by atoms with Crippen molar-refractivity contribution in [3.05, 3.63) is 59.7 Å². The van der Waals surface area contributed by atoms with Crippen LogP contribution in [-0.4, -0.2) is 30.0 Å². The fourth-order valence-electron chi connectivity index (χ4n) is 3.69. The molecule has 2 atom stereocenters. The number of ether oxygens (including phenoxy) is 1. The molecule has 0 saturated heterocycles. The lowest BCUT2D eigenvalue weighted by atomic mass is 9.98. The smallest absolute Gasteiger partial charge is 0.407 e. The van der Waals surface area contributed by atoms with Crippen LogP contribution in [0.5, 0.6) is 0 Å². The molecule has 2 N–H and O–H groups in total. The zero-order valence-electron chi connectivity index (χ0n) is 15.6. The minimum Gasteiger partial charge on any atom is -0.449 e. The molecule has 1 amide bonds. The molecule has 4 nitrogen and oxygen atoms in total. The second-order valence-electron chi connectivity index (χ2n) is 7.22. The van der Waals surface area contributed by atoms with Crippen molar-refractivity contribution in [2.24, 2.45) is 5.92 Å². The maximum atomic E-state index is 12.3. The van der Waals surface area contributed by atoms with E-state index in [1.807, 2.05) is 45.0 Å². The molecule has 1 aliphatic carbocycles. The summed E-state index contributed by atoms with van der Waals surface area (Å²) in [6, 6.07) is 16.2. The van der Waals surface area contributed by atoms with Crippen LogP contribution in [0.3, 0.4) is 0 Å². The van der Waals surface area contributed by atoms with Gasteiger partial charge in [-0.3, -0.25) is 0 Å². The molecular weight excluding hydrogens is 326 g/mol. The van der Waals surface area contributed by atoms with Crippen molar-refractivity contribution in [1.29, 1.82) is 0 Å². The first-order valence-corrected chi connectivity index (χ1v) is 9.32. The van der Waals surface area contributed by atoms with Gasteiger partial charge in [0.1, 0.15) is 6.61 Å². The monoisotopic (exact) mass is 353 g/mol. The molecule has 0 saturated carbocycles. The van der Waals surface area contributed by atoms with Crippen LogP contribution in [0, 0.1) is 5.92 Å². The molecule has 0 heterocycles. The molecule has 0 spiro atoms. The number of aliphatic hydroxyl groups excluding tert-OH is 1. The summed E-state index contributed by atoms with van der Waals surface area (Å²) in [6.45, 7) is 6.10. The van der Waals surface area contributed by atoms with E-state index in [1.54, 1.807) is 0 Å². The van der Waals surface area contributed by atoms with Gasteiger partial charge in [-0.2, -0.15) is 0 Å². The molecule has 0 bridgehead atoms. The number of hydrogen-bond donors (Lipinski definition) is 2. The van der Waals surface area contributed by atoms with Gasteiger partial charge in [0.25, 0.3) is 0 Å². The van der Waals surface area contributed by atoms with Crippen LogP contribution in [-0.2, 0) is 4.74 Å². The summed E-state index contributed by atoms with van der Waals surface area (Å²) in [4.78, 5) is 12.3. The highest BCUT2D eigenvalue weighted by Crippen LogP contribution is 2.44. The third kappa shape index (κ3) is 3.61. The fraction of sp³-hybridized carbons (Fsp3) is 0.409. The van der Waals surface area contributed by atoms with Crippen molar-refractivity contribution < 1.29 is 14.6 Å². The Morgan fingerprint density at radius 1 is 1.08 bits per heavy atom. The predicted molar refractivity (Wildman–Crippen MR) is 103 cm³/mol. The summed E-state index contributed by atoms with van der Waals surface area (Å²) in [6.07, 6.45) is -0.400. The number of alkyl carbamates (subject to hydrolysis) is 1. The van der Waals surface area contributed by atoms with E-state index in [-0.39, 0.29) is 24.5 Å². The van der Waals surface area contributed by atoms with Gasteiger partial charge in [-0.15, -0.1) is 0 Å². The van der Waals surface area contributed by atoms with Crippen LogP contribution in [0.15, 0.2) is 48.5 Å². The number of rotatable bonds is 6. The summed E-state index contributed by atoms with van der Waals surface area (Å²) < 4.78 is 5.54. The van der Waals surface area contributed by atoms with E-state index >= 15 is 0 Å². The SMILES string of the molecule is CCC(NC(=O)OCC1c2ccccc2-c2ccccc21)C(O)C(C)C. The van der Waals surface area contributed by atoms with Crippen LogP contribution in [0.1, 0.15) is 44.2 Å². The van der Waals surface area contributed by atoms with E-state index in [4.69, 9.17) is 4.74 Å². The summed E-state index contributed by atoms with van der Waals surface area (Å²) in [5, 5.41) is 13.0. The quantitative estimate of drug-likeness (QED) is 0.813. The summed E-state index contributed by atoms with van der Waals surface area (Å²) in [7, 11) is 0. The molecule has 0 aromatic heterocycles. The second kappa shape index (κ2) is 7.92. The summed E-state index contributed by atoms with van der Waals surface area (Å²) in [5.74, 6) is 0.122. The Labute approximate surface area is 155 Å². The van der Waals surface area contributed by atoms with Crippen molar-refractivity contribution >= 4 is 6.09 Å². The Balaban J connectivity index is 1.69. The van der Waals surface area contributed by atoms with Crippen molar-refractivity contribution in [1.82, 2.24) is 5.32 Å². The number of nitrogens with one attached hydrogen (secondary N) is 1. The lowest BCUT2D eigenvalue weighted by Gasteiger charge is -2.25. The molecule has 3 rings (SSSR count). The highest BCUT2D eigenvalue weighted by molar-refractivity contribution is 5.79. The number of aliphatic hydroxyl groups is 1. The average Bonchev–Trinajstić information content (AvgIpc) is 2.98. The number of benzene rings is 2. The van der Waals surface area contributed by atoms with Gasteiger partial charge in [0.15, 0.2) is 0 Å². The maximum Gasteiger partial charge on any atom is 0.407 e. The van der Waals surface area contributed by atoms with Crippen molar-refractivity contribution in [2.75, 3.05) is 6.61 Å². The number of hydrogen-bond acceptors (Lipinski definition) is 3. The zero-order chi connectivity index (χ0) is 18.7. The van der Waals surface area contributed by atoms with Crippen LogP contribution >= 0.6 is 0 Å².